The van der Waals surface area contributed by atoms with Crippen LogP contribution in [-0.4, -0.2) is 18.3 Å². The van der Waals surface area contributed by atoms with Crippen LogP contribution in [0.2, 0.25) is 6.32 Å². The second kappa shape index (κ2) is 5.40. The van der Waals surface area contributed by atoms with Crippen molar-refractivity contribution < 1.29 is 9.31 Å². The Bertz CT molecular complexity index is 466. The average molecular weight is 256 g/mol. The van der Waals surface area contributed by atoms with Crippen LogP contribution in [0.5, 0.6) is 0 Å². The number of hydrogen-bond acceptors (Lipinski definition) is 2. The molecule has 0 atom stereocenters. The van der Waals surface area contributed by atoms with Crippen molar-refractivity contribution in [3.05, 3.63) is 35.9 Å². The summed E-state index contributed by atoms with van der Waals surface area (Å²) in [6.45, 7) is 8.29. The minimum Gasteiger partial charge on any atom is -0.403 e. The van der Waals surface area contributed by atoms with Gasteiger partial charge in [-0.25, -0.2) is 0 Å². The average Bonchev–Trinajstić information content (AvgIpc) is 2.55. The molecule has 2 nitrogen and oxygen atoms in total. The molecule has 0 spiro atoms. The molecule has 0 radical (unpaired) electrons. The van der Waals surface area contributed by atoms with Crippen molar-refractivity contribution in [2.45, 2.75) is 51.6 Å². The molecule has 0 bridgehead atoms. The smallest absolute Gasteiger partial charge is 0.403 e. The summed E-state index contributed by atoms with van der Waals surface area (Å²) >= 11 is 0. The molecule has 1 fully saturated rings. The van der Waals surface area contributed by atoms with E-state index in [1.54, 1.807) is 0 Å². The summed E-state index contributed by atoms with van der Waals surface area (Å²) in [5.41, 5.74) is 0.561. The predicted molar refractivity (Wildman–Crippen MR) is 78.8 cm³/mol. The van der Waals surface area contributed by atoms with Crippen LogP contribution < -0.4 is 0 Å². The van der Waals surface area contributed by atoms with E-state index in [1.807, 2.05) is 30.3 Å². The lowest BCUT2D eigenvalue weighted by molar-refractivity contribution is 0.00578. The van der Waals surface area contributed by atoms with Gasteiger partial charge in [-0.2, -0.15) is 0 Å². The van der Waals surface area contributed by atoms with Crippen molar-refractivity contribution >= 4 is 7.12 Å². The fraction of sp³-hybridized carbons (Fsp3) is 0.500. The third kappa shape index (κ3) is 3.40. The summed E-state index contributed by atoms with van der Waals surface area (Å²) in [4.78, 5) is 0. The van der Waals surface area contributed by atoms with Gasteiger partial charge in [-0.05, 0) is 46.1 Å². The van der Waals surface area contributed by atoms with Gasteiger partial charge in [-0.3, -0.25) is 0 Å². The monoisotopic (exact) mass is 256 g/mol. The van der Waals surface area contributed by atoms with Crippen LogP contribution in [0.4, 0.5) is 0 Å². The second-order valence-electron chi connectivity index (χ2n) is 5.89. The molecule has 2 rings (SSSR count). The quantitative estimate of drug-likeness (QED) is 0.595. The highest BCUT2D eigenvalue weighted by Gasteiger charge is 2.50. The Morgan fingerprint density at radius 3 is 2.16 bits per heavy atom. The zero-order valence-corrected chi connectivity index (χ0v) is 12.2. The van der Waals surface area contributed by atoms with Crippen LogP contribution >= 0.6 is 0 Å². The molecule has 1 aromatic carbocycles. The summed E-state index contributed by atoms with van der Waals surface area (Å²) in [5.74, 6) is 6.32. The van der Waals surface area contributed by atoms with Crippen molar-refractivity contribution in [2.75, 3.05) is 0 Å². The fourth-order valence-corrected chi connectivity index (χ4v) is 1.96. The Morgan fingerprint density at radius 1 is 1.00 bits per heavy atom. The van der Waals surface area contributed by atoms with Crippen molar-refractivity contribution in [2.24, 2.45) is 0 Å². The molecule has 1 aliphatic rings. The maximum absolute atomic E-state index is 5.93. The largest absolute Gasteiger partial charge is 0.458 e. The van der Waals surface area contributed by atoms with Crippen molar-refractivity contribution in [3.63, 3.8) is 0 Å². The van der Waals surface area contributed by atoms with E-state index in [0.29, 0.717) is 0 Å². The van der Waals surface area contributed by atoms with Gasteiger partial charge in [-0.15, -0.1) is 0 Å². The Morgan fingerprint density at radius 2 is 1.58 bits per heavy atom. The number of hydrogen-bond donors (Lipinski definition) is 0. The molecular weight excluding hydrogens is 235 g/mol. The number of rotatable bonds is 2. The van der Waals surface area contributed by atoms with E-state index in [2.05, 4.69) is 39.5 Å². The molecule has 0 saturated carbocycles. The van der Waals surface area contributed by atoms with Crippen LogP contribution in [0.3, 0.4) is 0 Å². The molecule has 100 valence electrons. The zero-order valence-electron chi connectivity index (χ0n) is 12.2. The van der Waals surface area contributed by atoms with Crippen LogP contribution in [0.15, 0.2) is 30.3 Å². The van der Waals surface area contributed by atoms with Gasteiger partial charge < -0.3 is 9.31 Å². The normalized spacial score (nSPS) is 19.9. The van der Waals surface area contributed by atoms with Crippen molar-refractivity contribution in [3.8, 4) is 11.8 Å². The van der Waals surface area contributed by atoms with Crippen molar-refractivity contribution in [1.82, 2.24) is 0 Å². The molecule has 1 heterocycles. The van der Waals surface area contributed by atoms with Gasteiger partial charge in [0.1, 0.15) is 0 Å². The standard InChI is InChI=1S/C16H21BO2/c1-15(2)16(3,4)19-17(18-15)13-9-8-12-14-10-6-5-7-11-14/h5-7,10-11H,9,13H2,1-4H3. The SMILES string of the molecule is CC1(C)OB(CCC#Cc2ccccc2)OC1(C)C. The minimum absolute atomic E-state index is 0.143. The lowest BCUT2D eigenvalue weighted by Gasteiger charge is -2.32. The van der Waals surface area contributed by atoms with Gasteiger partial charge in [0, 0.05) is 12.0 Å². The summed E-state index contributed by atoms with van der Waals surface area (Å²) in [6, 6.07) is 10.0. The highest BCUT2D eigenvalue weighted by Crippen LogP contribution is 2.37. The van der Waals surface area contributed by atoms with Crippen LogP contribution in [0, 0.1) is 11.8 Å². The van der Waals surface area contributed by atoms with E-state index in [4.69, 9.17) is 9.31 Å². The number of benzene rings is 1. The Hall–Kier alpha value is -1.24. The maximum atomic E-state index is 5.93. The molecule has 0 amide bonds. The van der Waals surface area contributed by atoms with Crippen LogP contribution in [0.25, 0.3) is 0 Å². The molecule has 0 N–H and O–H groups in total. The Labute approximate surface area is 116 Å². The summed E-state index contributed by atoms with van der Waals surface area (Å²) in [5, 5.41) is 0. The van der Waals surface area contributed by atoms with Crippen molar-refractivity contribution in [1.29, 1.82) is 0 Å². The third-order valence-corrected chi connectivity index (χ3v) is 3.81. The summed E-state index contributed by atoms with van der Waals surface area (Å²) < 4.78 is 11.9. The molecule has 0 aliphatic carbocycles. The summed E-state index contributed by atoms with van der Waals surface area (Å²) in [6.07, 6.45) is 1.60. The first kappa shape index (κ1) is 14.2. The zero-order chi connectivity index (χ0) is 13.9. The molecule has 1 aliphatic heterocycles. The molecule has 0 aromatic heterocycles. The first-order chi connectivity index (χ1) is 8.91. The maximum Gasteiger partial charge on any atom is 0.458 e. The molecule has 0 unspecified atom stereocenters. The van der Waals surface area contributed by atoms with E-state index >= 15 is 0 Å². The van der Waals surface area contributed by atoms with E-state index in [1.165, 1.54) is 0 Å². The van der Waals surface area contributed by atoms with E-state index in [-0.39, 0.29) is 18.3 Å². The van der Waals surface area contributed by atoms with Gasteiger partial charge in [0.2, 0.25) is 0 Å². The van der Waals surface area contributed by atoms with E-state index in [9.17, 15) is 0 Å². The first-order valence-electron chi connectivity index (χ1n) is 6.80. The highest BCUT2D eigenvalue weighted by molar-refractivity contribution is 6.45. The molecule has 1 aromatic rings. The van der Waals surface area contributed by atoms with Crippen LogP contribution in [-0.2, 0) is 9.31 Å². The Balaban J connectivity index is 1.84. The minimum atomic E-state index is -0.246. The van der Waals surface area contributed by atoms with Gasteiger partial charge in [0.05, 0.1) is 11.2 Å². The van der Waals surface area contributed by atoms with E-state index in [0.717, 1.165) is 18.3 Å². The highest BCUT2D eigenvalue weighted by atomic mass is 16.7. The topological polar surface area (TPSA) is 18.5 Å². The van der Waals surface area contributed by atoms with Gasteiger partial charge in [0.15, 0.2) is 0 Å². The molecule has 19 heavy (non-hydrogen) atoms. The van der Waals surface area contributed by atoms with E-state index < -0.39 is 0 Å². The molecule has 1 saturated heterocycles. The summed E-state index contributed by atoms with van der Waals surface area (Å²) in [7, 11) is -0.143. The van der Waals surface area contributed by atoms with Gasteiger partial charge >= 0.3 is 7.12 Å². The first-order valence-corrected chi connectivity index (χ1v) is 6.80. The van der Waals surface area contributed by atoms with Gasteiger partial charge in [-0.1, -0.05) is 30.0 Å². The lowest BCUT2D eigenvalue weighted by atomic mass is 9.83. The van der Waals surface area contributed by atoms with Gasteiger partial charge in [0.25, 0.3) is 0 Å². The lowest BCUT2D eigenvalue weighted by Crippen LogP contribution is -2.41. The Kier molecular flexibility index (Phi) is 4.03. The molecular formula is C16H21BO2. The van der Waals surface area contributed by atoms with Crippen LogP contribution in [0.1, 0.15) is 39.7 Å². The predicted octanol–water partition coefficient (Wildman–Crippen LogP) is 3.52. The second-order valence-corrected chi connectivity index (χ2v) is 5.89. The third-order valence-electron chi connectivity index (χ3n) is 3.81. The fourth-order valence-electron chi connectivity index (χ4n) is 1.96. The molecule has 3 heteroatoms.